The van der Waals surface area contributed by atoms with Crippen LogP contribution in [0.1, 0.15) is 26.3 Å². The number of hydrogen-bond donors (Lipinski definition) is 1. The van der Waals surface area contributed by atoms with Gasteiger partial charge in [-0.1, -0.05) is 12.1 Å². The van der Waals surface area contributed by atoms with Crippen molar-refractivity contribution in [1.82, 2.24) is 5.32 Å². The molecule has 0 aliphatic carbocycles. The normalized spacial score (nSPS) is 10.8. The third kappa shape index (κ3) is 5.24. The summed E-state index contributed by atoms with van der Waals surface area (Å²) in [5.41, 5.74) is 0.794. The smallest absolute Gasteiger partial charge is 0.407 e. The summed E-state index contributed by atoms with van der Waals surface area (Å²) in [5, 5.41) is 2.61. The molecule has 4 heteroatoms. The summed E-state index contributed by atoms with van der Waals surface area (Å²) < 4.78 is 10.2. The van der Waals surface area contributed by atoms with Crippen LogP contribution in [0.15, 0.2) is 24.3 Å². The lowest BCUT2D eigenvalue weighted by molar-refractivity contribution is 0.131. The minimum atomic E-state index is -0.431. The number of carbonyl (C=O) groups excluding carboxylic acids is 1. The van der Waals surface area contributed by atoms with Crippen LogP contribution < -0.4 is 10.1 Å². The first kappa shape index (κ1) is 13.4. The van der Waals surface area contributed by atoms with Gasteiger partial charge in [0.15, 0.2) is 0 Å². The largest absolute Gasteiger partial charge is 0.488 e. The number of hydrogen-bond acceptors (Lipinski definition) is 3. The van der Waals surface area contributed by atoms with Gasteiger partial charge in [-0.15, -0.1) is 0 Å². The number of rotatable bonds is 3. The van der Waals surface area contributed by atoms with E-state index in [1.807, 2.05) is 45.0 Å². The van der Waals surface area contributed by atoms with Crippen LogP contribution in [0.2, 0.25) is 0 Å². The molecule has 0 aromatic heterocycles. The highest BCUT2D eigenvalue weighted by Crippen LogP contribution is 2.18. The van der Waals surface area contributed by atoms with E-state index in [4.69, 9.17) is 4.74 Å². The standard InChI is InChI=1S/C13H19NO3/c1-13(2,3)17-11-7-5-10(6-8-11)9-14-12(15)16-4/h5-8H,9H2,1-4H3,(H,14,15). The molecule has 0 spiro atoms. The molecule has 17 heavy (non-hydrogen) atoms. The zero-order valence-electron chi connectivity index (χ0n) is 10.7. The second-order valence-electron chi connectivity index (χ2n) is 4.70. The summed E-state index contributed by atoms with van der Waals surface area (Å²) in [7, 11) is 1.34. The van der Waals surface area contributed by atoms with Gasteiger partial charge in [-0.3, -0.25) is 0 Å². The van der Waals surface area contributed by atoms with Crippen LogP contribution in [0, 0.1) is 0 Å². The van der Waals surface area contributed by atoms with Gasteiger partial charge < -0.3 is 14.8 Å². The lowest BCUT2D eigenvalue weighted by Crippen LogP contribution is -2.23. The van der Waals surface area contributed by atoms with Crippen molar-refractivity contribution in [1.29, 1.82) is 0 Å². The average molecular weight is 237 g/mol. The maximum atomic E-state index is 10.9. The van der Waals surface area contributed by atoms with Gasteiger partial charge in [-0.2, -0.15) is 0 Å². The van der Waals surface area contributed by atoms with E-state index < -0.39 is 6.09 Å². The molecule has 1 amide bonds. The third-order valence-corrected chi connectivity index (χ3v) is 1.97. The first-order chi connectivity index (χ1) is 7.90. The quantitative estimate of drug-likeness (QED) is 0.879. The molecular weight excluding hydrogens is 218 g/mol. The molecule has 0 bridgehead atoms. The molecule has 0 radical (unpaired) electrons. The fraction of sp³-hybridized carbons (Fsp3) is 0.462. The van der Waals surface area contributed by atoms with Crippen LogP contribution in [0.25, 0.3) is 0 Å². The Morgan fingerprint density at radius 1 is 1.24 bits per heavy atom. The maximum absolute atomic E-state index is 10.9. The Kier molecular flexibility index (Phi) is 4.37. The molecule has 0 aliphatic heterocycles. The Morgan fingerprint density at radius 2 is 1.82 bits per heavy atom. The molecule has 0 heterocycles. The van der Waals surface area contributed by atoms with Gasteiger partial charge >= 0.3 is 6.09 Å². The van der Waals surface area contributed by atoms with Crippen molar-refractivity contribution >= 4 is 6.09 Å². The van der Waals surface area contributed by atoms with Crippen molar-refractivity contribution in [2.24, 2.45) is 0 Å². The van der Waals surface area contributed by atoms with E-state index in [1.54, 1.807) is 0 Å². The zero-order valence-corrected chi connectivity index (χ0v) is 10.7. The van der Waals surface area contributed by atoms with Gasteiger partial charge in [-0.25, -0.2) is 4.79 Å². The molecular formula is C13H19NO3. The van der Waals surface area contributed by atoms with E-state index in [0.717, 1.165) is 11.3 Å². The highest BCUT2D eigenvalue weighted by molar-refractivity contribution is 5.66. The molecule has 0 saturated carbocycles. The summed E-state index contributed by atoms with van der Waals surface area (Å²) >= 11 is 0. The number of ether oxygens (including phenoxy) is 2. The number of methoxy groups -OCH3 is 1. The van der Waals surface area contributed by atoms with Gasteiger partial charge in [0.05, 0.1) is 7.11 Å². The first-order valence-corrected chi connectivity index (χ1v) is 5.50. The fourth-order valence-corrected chi connectivity index (χ4v) is 1.28. The Hall–Kier alpha value is -1.71. The second-order valence-corrected chi connectivity index (χ2v) is 4.70. The molecule has 1 aromatic rings. The van der Waals surface area contributed by atoms with Crippen LogP contribution in [-0.4, -0.2) is 18.8 Å². The van der Waals surface area contributed by atoms with Crippen molar-refractivity contribution in [3.63, 3.8) is 0 Å². The van der Waals surface area contributed by atoms with E-state index in [1.165, 1.54) is 7.11 Å². The molecule has 1 N–H and O–H groups in total. The maximum Gasteiger partial charge on any atom is 0.407 e. The molecule has 1 aromatic carbocycles. The van der Waals surface area contributed by atoms with Gasteiger partial charge in [0, 0.05) is 6.54 Å². The molecule has 0 aliphatic rings. The third-order valence-electron chi connectivity index (χ3n) is 1.97. The van der Waals surface area contributed by atoms with Crippen molar-refractivity contribution in [3.05, 3.63) is 29.8 Å². The zero-order chi connectivity index (χ0) is 12.9. The van der Waals surface area contributed by atoms with Gasteiger partial charge in [0.25, 0.3) is 0 Å². The number of nitrogens with one attached hydrogen (secondary N) is 1. The minimum absolute atomic E-state index is 0.203. The monoisotopic (exact) mass is 237 g/mol. The predicted octanol–water partition coefficient (Wildman–Crippen LogP) is 2.72. The number of carbonyl (C=O) groups is 1. The van der Waals surface area contributed by atoms with E-state index in [-0.39, 0.29) is 5.60 Å². The van der Waals surface area contributed by atoms with Gasteiger partial charge in [-0.05, 0) is 38.5 Å². The van der Waals surface area contributed by atoms with Crippen LogP contribution in [0.3, 0.4) is 0 Å². The predicted molar refractivity (Wildman–Crippen MR) is 66.1 cm³/mol. The van der Waals surface area contributed by atoms with Gasteiger partial charge in [0.1, 0.15) is 11.4 Å². The van der Waals surface area contributed by atoms with Gasteiger partial charge in [0.2, 0.25) is 0 Å². The van der Waals surface area contributed by atoms with Crippen LogP contribution in [0.5, 0.6) is 5.75 Å². The van der Waals surface area contributed by atoms with Crippen molar-refractivity contribution < 1.29 is 14.3 Å². The van der Waals surface area contributed by atoms with E-state index in [9.17, 15) is 4.79 Å². The second kappa shape index (κ2) is 5.57. The molecule has 94 valence electrons. The minimum Gasteiger partial charge on any atom is -0.488 e. The molecule has 4 nitrogen and oxygen atoms in total. The Bertz CT molecular complexity index is 365. The summed E-state index contributed by atoms with van der Waals surface area (Å²) in [4.78, 5) is 10.9. The Morgan fingerprint density at radius 3 is 2.29 bits per heavy atom. The van der Waals surface area contributed by atoms with Crippen LogP contribution >= 0.6 is 0 Å². The van der Waals surface area contributed by atoms with E-state index >= 15 is 0 Å². The lowest BCUT2D eigenvalue weighted by atomic mass is 10.1. The van der Waals surface area contributed by atoms with Crippen molar-refractivity contribution in [3.8, 4) is 5.75 Å². The fourth-order valence-electron chi connectivity index (χ4n) is 1.28. The molecule has 0 fully saturated rings. The van der Waals surface area contributed by atoms with Crippen LogP contribution in [-0.2, 0) is 11.3 Å². The lowest BCUT2D eigenvalue weighted by Gasteiger charge is -2.21. The molecule has 0 unspecified atom stereocenters. The molecule has 0 saturated heterocycles. The van der Waals surface area contributed by atoms with Crippen LogP contribution in [0.4, 0.5) is 4.79 Å². The highest BCUT2D eigenvalue weighted by atomic mass is 16.5. The SMILES string of the molecule is COC(=O)NCc1ccc(OC(C)(C)C)cc1. The Labute approximate surface area is 102 Å². The van der Waals surface area contributed by atoms with E-state index in [0.29, 0.717) is 6.54 Å². The number of benzene rings is 1. The molecule has 0 atom stereocenters. The van der Waals surface area contributed by atoms with E-state index in [2.05, 4.69) is 10.1 Å². The summed E-state index contributed by atoms with van der Waals surface area (Å²) in [5.74, 6) is 0.819. The summed E-state index contributed by atoms with van der Waals surface area (Å²) in [6.07, 6.45) is -0.431. The number of alkyl carbamates (subject to hydrolysis) is 1. The number of amides is 1. The highest BCUT2D eigenvalue weighted by Gasteiger charge is 2.11. The summed E-state index contributed by atoms with van der Waals surface area (Å²) in [6, 6.07) is 7.60. The molecule has 1 rings (SSSR count). The van der Waals surface area contributed by atoms with Crippen molar-refractivity contribution in [2.45, 2.75) is 32.9 Å². The Balaban J connectivity index is 2.53. The summed E-state index contributed by atoms with van der Waals surface area (Å²) in [6.45, 7) is 6.45. The average Bonchev–Trinajstić information content (AvgIpc) is 2.25. The topological polar surface area (TPSA) is 47.6 Å². The van der Waals surface area contributed by atoms with Crippen molar-refractivity contribution in [2.75, 3.05) is 7.11 Å². The first-order valence-electron chi connectivity index (χ1n) is 5.50.